The van der Waals surface area contributed by atoms with Crippen LogP contribution in [0.1, 0.15) is 17.4 Å². The monoisotopic (exact) mass is 521 g/mol. The van der Waals surface area contributed by atoms with Crippen LogP contribution in [0.4, 0.5) is 5.69 Å². The summed E-state index contributed by atoms with van der Waals surface area (Å²) in [5, 5.41) is 11.4. The third-order valence-electron chi connectivity index (χ3n) is 5.11. The number of nitro groups is 1. The molecule has 11 nitrogen and oxygen atoms in total. The van der Waals surface area contributed by atoms with Crippen LogP contribution in [-0.4, -0.2) is 54.9 Å². The van der Waals surface area contributed by atoms with Crippen molar-refractivity contribution in [3.05, 3.63) is 75.3 Å². The smallest absolute Gasteiger partial charge is 0.356 e. The number of morpholine rings is 1. The van der Waals surface area contributed by atoms with Gasteiger partial charge in [-0.15, -0.1) is 0 Å². The molecule has 1 aliphatic heterocycles. The number of halogens is 1. The van der Waals surface area contributed by atoms with Gasteiger partial charge >= 0.3 is 5.97 Å². The first-order valence-corrected chi connectivity index (χ1v) is 12.2. The Morgan fingerprint density at radius 1 is 1.31 bits per heavy atom. The van der Waals surface area contributed by atoms with E-state index in [2.05, 4.69) is 4.98 Å². The largest absolute Gasteiger partial charge is 0.492 e. The molecule has 2 heterocycles. The first kappa shape index (κ1) is 24.5. The molecular weight excluding hydrogens is 502 g/mol. The Morgan fingerprint density at radius 3 is 2.74 bits per heavy atom. The zero-order valence-electron chi connectivity index (χ0n) is 18.4. The number of H-pyrrole nitrogens is 1. The van der Waals surface area contributed by atoms with Crippen LogP contribution in [0.5, 0.6) is 5.75 Å². The van der Waals surface area contributed by atoms with Gasteiger partial charge in [-0.1, -0.05) is 29.8 Å². The highest BCUT2D eigenvalue weighted by atomic mass is 35.5. The van der Waals surface area contributed by atoms with Crippen LogP contribution in [0.3, 0.4) is 0 Å². The Morgan fingerprint density at radius 2 is 2.06 bits per heavy atom. The van der Waals surface area contributed by atoms with E-state index in [1.807, 2.05) is 6.07 Å². The van der Waals surface area contributed by atoms with Crippen molar-refractivity contribution in [3.63, 3.8) is 0 Å². The molecule has 35 heavy (non-hydrogen) atoms. The van der Waals surface area contributed by atoms with Crippen molar-refractivity contribution in [1.29, 1.82) is 0 Å². The van der Waals surface area contributed by atoms with Gasteiger partial charge in [0, 0.05) is 23.0 Å². The molecule has 1 fully saturated rings. The van der Waals surface area contributed by atoms with Crippen molar-refractivity contribution in [3.8, 4) is 5.75 Å². The number of para-hydroxylation sites is 1. The van der Waals surface area contributed by atoms with Crippen LogP contribution in [0, 0.1) is 10.1 Å². The maximum Gasteiger partial charge on any atom is 0.356 e. The highest BCUT2D eigenvalue weighted by molar-refractivity contribution is 7.89. The number of hydrogen-bond acceptors (Lipinski definition) is 8. The van der Waals surface area contributed by atoms with Crippen LogP contribution in [-0.2, 0) is 19.5 Å². The van der Waals surface area contributed by atoms with Crippen molar-refractivity contribution in [1.82, 2.24) is 9.29 Å². The van der Waals surface area contributed by atoms with E-state index in [9.17, 15) is 23.3 Å². The molecule has 4 rings (SSSR count). The van der Waals surface area contributed by atoms with Crippen molar-refractivity contribution < 1.29 is 32.3 Å². The lowest BCUT2D eigenvalue weighted by molar-refractivity contribution is -0.383. The predicted octanol–water partition coefficient (Wildman–Crippen LogP) is 3.85. The summed E-state index contributed by atoms with van der Waals surface area (Å²) in [5.74, 6) is -0.193. The first-order chi connectivity index (χ1) is 16.7. The van der Waals surface area contributed by atoms with Crippen molar-refractivity contribution in [2.24, 2.45) is 0 Å². The second kappa shape index (κ2) is 9.94. The van der Waals surface area contributed by atoms with Gasteiger partial charge in [-0.25, -0.2) is 13.2 Å². The lowest BCUT2D eigenvalue weighted by Crippen LogP contribution is -2.40. The summed E-state index contributed by atoms with van der Waals surface area (Å²) < 4.78 is 44.7. The van der Waals surface area contributed by atoms with E-state index < -0.39 is 37.2 Å². The summed E-state index contributed by atoms with van der Waals surface area (Å²) >= 11 is 6.06. The Kier molecular flexibility index (Phi) is 6.96. The van der Waals surface area contributed by atoms with Crippen LogP contribution < -0.4 is 4.74 Å². The topological polar surface area (TPSA) is 141 Å². The number of nitrogens with zero attached hydrogens (tertiary/aromatic N) is 2. The number of rotatable bonds is 7. The summed E-state index contributed by atoms with van der Waals surface area (Å²) in [6.45, 7) is 1.34. The molecule has 0 amide bonds. The molecule has 0 radical (unpaired) electrons. The molecule has 0 spiro atoms. The minimum atomic E-state index is -4.37. The molecule has 1 aliphatic rings. The van der Waals surface area contributed by atoms with Gasteiger partial charge in [0.15, 0.2) is 0 Å². The summed E-state index contributed by atoms with van der Waals surface area (Å²) in [7, 11) is -4.37. The van der Waals surface area contributed by atoms with Gasteiger partial charge in [0.1, 0.15) is 40.5 Å². The highest BCUT2D eigenvalue weighted by Gasteiger charge is 2.37. The van der Waals surface area contributed by atoms with E-state index in [4.69, 9.17) is 25.8 Å². The maximum absolute atomic E-state index is 13.8. The highest BCUT2D eigenvalue weighted by Crippen LogP contribution is 2.37. The number of aromatic amines is 1. The number of non-ortho nitro benzene ring substituents is 1. The fraction of sp³-hybridized carbons (Fsp3) is 0.227. The third-order valence-corrected chi connectivity index (χ3v) is 7.26. The molecule has 0 saturated carbocycles. The van der Waals surface area contributed by atoms with Crippen molar-refractivity contribution >= 4 is 44.2 Å². The average molecular weight is 522 g/mol. The number of sulfonamides is 1. The molecule has 3 aromatic rings. The number of carbonyl (C=O) groups excluding carboxylic acids is 1. The van der Waals surface area contributed by atoms with Crippen LogP contribution in [0.25, 0.3) is 10.9 Å². The number of ether oxygens (including phenoxy) is 3. The lowest BCUT2D eigenvalue weighted by atomic mass is 10.2. The van der Waals surface area contributed by atoms with E-state index in [-0.39, 0.29) is 48.0 Å². The normalized spacial score (nSPS) is 15.7. The molecular formula is C22H20ClN3O8S. The second-order valence-electron chi connectivity index (χ2n) is 7.36. The molecule has 0 atom stereocenters. The molecule has 0 aliphatic carbocycles. The lowest BCUT2D eigenvalue weighted by Gasteiger charge is -2.28. The van der Waals surface area contributed by atoms with E-state index in [1.54, 1.807) is 31.2 Å². The fourth-order valence-electron chi connectivity index (χ4n) is 3.59. The van der Waals surface area contributed by atoms with Gasteiger partial charge in [0.25, 0.3) is 5.69 Å². The Balaban J connectivity index is 1.78. The molecule has 0 bridgehead atoms. The predicted molar refractivity (Wildman–Crippen MR) is 126 cm³/mol. The quantitative estimate of drug-likeness (QED) is 0.214. The fourth-order valence-corrected chi connectivity index (χ4v) is 5.51. The second-order valence-corrected chi connectivity index (χ2v) is 9.67. The standard InChI is InChI=1S/C22H20ClN3O8S/c1-2-32-22(27)20-21(17-10-14(23)11-18(26(28)29)19(17)24-20)35(30,31)25-8-9-33-16(12-25)13-34-15-6-4-3-5-7-15/h3-7,10-11,13,24H,2,8-9,12H2,1H3/b16-13+. The minimum Gasteiger partial charge on any atom is -0.492 e. The number of benzene rings is 2. The zero-order valence-corrected chi connectivity index (χ0v) is 20.0. The van der Waals surface area contributed by atoms with Gasteiger partial charge in [-0.05, 0) is 25.1 Å². The van der Waals surface area contributed by atoms with Crippen LogP contribution in [0.2, 0.25) is 5.02 Å². The van der Waals surface area contributed by atoms with Gasteiger partial charge < -0.3 is 19.2 Å². The van der Waals surface area contributed by atoms with Gasteiger partial charge in [0.2, 0.25) is 10.0 Å². The van der Waals surface area contributed by atoms with Crippen molar-refractivity contribution in [2.45, 2.75) is 11.8 Å². The number of fused-ring (bicyclic) bond motifs is 1. The molecule has 13 heteroatoms. The molecule has 1 saturated heterocycles. The molecule has 1 aromatic heterocycles. The first-order valence-electron chi connectivity index (χ1n) is 10.4. The molecule has 2 aromatic carbocycles. The number of nitro benzene ring substituents is 1. The summed E-state index contributed by atoms with van der Waals surface area (Å²) in [4.78, 5) is 25.6. The van der Waals surface area contributed by atoms with Crippen LogP contribution >= 0.6 is 11.6 Å². The molecule has 184 valence electrons. The minimum absolute atomic E-state index is 0.0252. The number of aromatic nitrogens is 1. The van der Waals surface area contributed by atoms with E-state index >= 15 is 0 Å². The maximum atomic E-state index is 13.8. The van der Waals surface area contributed by atoms with Gasteiger partial charge in [0.05, 0.1) is 18.1 Å². The van der Waals surface area contributed by atoms with Gasteiger partial charge in [-0.2, -0.15) is 4.31 Å². The van der Waals surface area contributed by atoms with Crippen molar-refractivity contribution in [2.75, 3.05) is 26.3 Å². The van der Waals surface area contributed by atoms with E-state index in [1.165, 1.54) is 12.3 Å². The number of carbonyl (C=O) groups is 1. The number of nitrogens with one attached hydrogen (secondary N) is 1. The third kappa shape index (κ3) is 4.94. The Hall–Kier alpha value is -3.61. The van der Waals surface area contributed by atoms with E-state index in [0.29, 0.717) is 5.75 Å². The van der Waals surface area contributed by atoms with Crippen LogP contribution in [0.15, 0.2) is 59.4 Å². The zero-order chi connectivity index (χ0) is 25.2. The van der Waals surface area contributed by atoms with E-state index in [0.717, 1.165) is 10.4 Å². The summed E-state index contributed by atoms with van der Waals surface area (Å²) in [6.07, 6.45) is 1.31. The number of hydrogen-bond donors (Lipinski definition) is 1. The SMILES string of the molecule is CCOC(=O)c1[nH]c2c([N+](=O)[O-])cc(Cl)cc2c1S(=O)(=O)N1CCO/C(=C/Oc2ccccc2)C1. The Labute approximate surface area is 205 Å². The Bertz CT molecular complexity index is 1420. The molecule has 1 N–H and O–H groups in total. The molecule has 0 unspecified atom stereocenters. The number of esters is 1. The summed E-state index contributed by atoms with van der Waals surface area (Å²) in [5.41, 5.74) is -1.06. The average Bonchev–Trinajstić information content (AvgIpc) is 3.23. The summed E-state index contributed by atoms with van der Waals surface area (Å²) in [6, 6.07) is 11.2. The van der Waals surface area contributed by atoms with Gasteiger partial charge in [-0.3, -0.25) is 10.1 Å².